The van der Waals surface area contributed by atoms with Crippen LogP contribution in [0.3, 0.4) is 0 Å². The van der Waals surface area contributed by atoms with Gasteiger partial charge in [-0.15, -0.1) is 0 Å². The van der Waals surface area contributed by atoms with E-state index in [0.717, 1.165) is 28.9 Å². The number of rotatable bonds is 1. The van der Waals surface area contributed by atoms with Crippen molar-refractivity contribution in [3.63, 3.8) is 0 Å². The van der Waals surface area contributed by atoms with Crippen LogP contribution in [-0.2, 0) is 11.2 Å². The highest BCUT2D eigenvalue weighted by atomic mass is 16.5. The van der Waals surface area contributed by atoms with Crippen molar-refractivity contribution in [3.05, 3.63) is 42.5 Å². The summed E-state index contributed by atoms with van der Waals surface area (Å²) in [4.78, 5) is 12.5. The molecule has 2 N–H and O–H groups in total. The number of fused-ring (bicyclic) bond motifs is 1. The maximum absolute atomic E-state index is 6.00. The van der Waals surface area contributed by atoms with E-state index in [4.69, 9.17) is 15.2 Å². The third-order valence-electron chi connectivity index (χ3n) is 3.81. The fraction of sp³-hybridized carbons (Fsp3) is 0.267. The molecule has 2 aromatic rings. The highest BCUT2D eigenvalue weighted by Crippen LogP contribution is 2.40. The largest absolute Gasteiger partial charge is 0.490 e. The average molecular weight is 282 g/mol. The molecule has 0 saturated heterocycles. The Morgan fingerprint density at radius 2 is 1.90 bits per heavy atom. The highest BCUT2D eigenvalue weighted by molar-refractivity contribution is 5.75. The van der Waals surface area contributed by atoms with Crippen molar-refractivity contribution >= 4 is 6.02 Å². The summed E-state index contributed by atoms with van der Waals surface area (Å²) in [5.41, 5.74) is 8.29. The van der Waals surface area contributed by atoms with Crippen LogP contribution >= 0.6 is 0 Å². The molecule has 2 aliphatic heterocycles. The molecule has 0 saturated carbocycles. The molecule has 0 fully saturated rings. The third kappa shape index (κ3) is 1.99. The van der Waals surface area contributed by atoms with Crippen LogP contribution in [0.15, 0.2) is 41.9 Å². The van der Waals surface area contributed by atoms with E-state index in [1.165, 1.54) is 6.33 Å². The summed E-state index contributed by atoms with van der Waals surface area (Å²) in [6.45, 7) is 0.933. The fourth-order valence-electron chi connectivity index (χ4n) is 2.84. The van der Waals surface area contributed by atoms with E-state index in [0.29, 0.717) is 13.2 Å². The number of hydrogen-bond donors (Lipinski definition) is 1. The van der Waals surface area contributed by atoms with Crippen LogP contribution in [0.25, 0.3) is 11.1 Å². The summed E-state index contributed by atoms with van der Waals surface area (Å²) in [6.07, 6.45) is 5.84. The summed E-state index contributed by atoms with van der Waals surface area (Å²) in [6, 6.07) is 6.31. The van der Waals surface area contributed by atoms with Crippen molar-refractivity contribution < 1.29 is 9.47 Å². The first-order valence-electron chi connectivity index (χ1n) is 6.74. The van der Waals surface area contributed by atoms with Crippen molar-refractivity contribution in [3.8, 4) is 16.9 Å². The molecule has 6 heteroatoms. The molecule has 3 heterocycles. The normalized spacial score (nSPS) is 23.1. The predicted octanol–water partition coefficient (Wildman–Crippen LogP) is 1.16. The molecule has 1 unspecified atom stereocenters. The van der Waals surface area contributed by atoms with Gasteiger partial charge in [-0.05, 0) is 5.56 Å². The topological polar surface area (TPSA) is 82.6 Å². The molecule has 1 spiro atoms. The maximum Gasteiger partial charge on any atom is 0.282 e. The zero-order chi connectivity index (χ0) is 14.3. The van der Waals surface area contributed by atoms with Gasteiger partial charge in [0.2, 0.25) is 0 Å². The zero-order valence-electron chi connectivity index (χ0n) is 11.3. The standard InChI is InChI=1S/C15H14N4O2/c16-14-19-15(8-21-14)4-10-2-1-3-12(13(10)20-7-15)11-5-17-9-18-6-11/h1-3,5-6,9H,4,7-8H2,(H2,16,19). The van der Waals surface area contributed by atoms with Gasteiger partial charge in [-0.25, -0.2) is 15.0 Å². The van der Waals surface area contributed by atoms with Gasteiger partial charge in [0.05, 0.1) is 0 Å². The van der Waals surface area contributed by atoms with Crippen LogP contribution in [0, 0.1) is 0 Å². The molecule has 1 aromatic carbocycles. The number of aliphatic imine (C=N–C) groups is 1. The zero-order valence-corrected chi connectivity index (χ0v) is 11.3. The van der Waals surface area contributed by atoms with Crippen LogP contribution in [-0.4, -0.2) is 34.7 Å². The SMILES string of the molecule is NC1=NC2(CO1)COc1c(cccc1-c1cncnc1)C2. The Morgan fingerprint density at radius 1 is 1.10 bits per heavy atom. The number of nitrogens with two attached hydrogens (primary N) is 1. The molecule has 0 bridgehead atoms. The molecule has 2 aliphatic rings. The van der Waals surface area contributed by atoms with Gasteiger partial charge in [0.25, 0.3) is 6.02 Å². The molecule has 0 radical (unpaired) electrons. The lowest BCUT2D eigenvalue weighted by atomic mass is 9.88. The van der Waals surface area contributed by atoms with Crippen LogP contribution in [0.1, 0.15) is 5.56 Å². The highest BCUT2D eigenvalue weighted by Gasteiger charge is 2.41. The first kappa shape index (κ1) is 12.1. The van der Waals surface area contributed by atoms with E-state index in [-0.39, 0.29) is 11.6 Å². The second kappa shape index (κ2) is 4.44. The van der Waals surface area contributed by atoms with Gasteiger partial charge in [0.15, 0.2) is 0 Å². The summed E-state index contributed by atoms with van der Waals surface area (Å²) >= 11 is 0. The number of hydrogen-bond acceptors (Lipinski definition) is 6. The summed E-state index contributed by atoms with van der Waals surface area (Å²) in [5.74, 6) is 0.874. The van der Waals surface area contributed by atoms with E-state index < -0.39 is 0 Å². The van der Waals surface area contributed by atoms with Crippen molar-refractivity contribution in [2.24, 2.45) is 10.7 Å². The van der Waals surface area contributed by atoms with E-state index in [1.807, 2.05) is 18.2 Å². The fourth-order valence-corrected chi connectivity index (χ4v) is 2.84. The lowest BCUT2D eigenvalue weighted by Gasteiger charge is -2.31. The first-order valence-corrected chi connectivity index (χ1v) is 6.74. The Labute approximate surface area is 121 Å². The second-order valence-corrected chi connectivity index (χ2v) is 5.35. The van der Waals surface area contributed by atoms with Crippen molar-refractivity contribution in [2.45, 2.75) is 12.0 Å². The van der Waals surface area contributed by atoms with Gasteiger partial charge >= 0.3 is 0 Å². The lowest BCUT2D eigenvalue weighted by molar-refractivity contribution is 0.153. The molecule has 21 heavy (non-hydrogen) atoms. The van der Waals surface area contributed by atoms with Crippen LogP contribution in [0.4, 0.5) is 0 Å². The van der Waals surface area contributed by atoms with E-state index >= 15 is 0 Å². The van der Waals surface area contributed by atoms with Gasteiger partial charge < -0.3 is 15.2 Å². The van der Waals surface area contributed by atoms with E-state index in [2.05, 4.69) is 15.0 Å². The Morgan fingerprint density at radius 3 is 2.67 bits per heavy atom. The van der Waals surface area contributed by atoms with Gasteiger partial charge in [-0.1, -0.05) is 18.2 Å². The molecule has 1 atom stereocenters. The summed E-state index contributed by atoms with van der Waals surface area (Å²) < 4.78 is 11.3. The number of para-hydroxylation sites is 1. The van der Waals surface area contributed by atoms with Crippen LogP contribution < -0.4 is 10.5 Å². The number of benzene rings is 1. The molecule has 0 amide bonds. The van der Waals surface area contributed by atoms with E-state index in [1.54, 1.807) is 12.4 Å². The maximum atomic E-state index is 6.00. The molecule has 4 rings (SSSR count). The molecular weight excluding hydrogens is 268 g/mol. The Balaban J connectivity index is 1.75. The summed E-state index contributed by atoms with van der Waals surface area (Å²) in [7, 11) is 0. The molecule has 0 aliphatic carbocycles. The van der Waals surface area contributed by atoms with Gasteiger partial charge in [-0.3, -0.25) is 0 Å². The quantitative estimate of drug-likeness (QED) is 0.848. The molecule has 106 valence electrons. The first-order chi connectivity index (χ1) is 10.3. The van der Waals surface area contributed by atoms with Gasteiger partial charge in [0, 0.05) is 29.9 Å². The van der Waals surface area contributed by atoms with Gasteiger partial charge in [0.1, 0.15) is 30.8 Å². The van der Waals surface area contributed by atoms with Crippen molar-refractivity contribution in [1.29, 1.82) is 0 Å². The molecule has 6 nitrogen and oxygen atoms in total. The second-order valence-electron chi connectivity index (χ2n) is 5.35. The minimum atomic E-state index is -0.386. The van der Waals surface area contributed by atoms with Crippen molar-refractivity contribution in [1.82, 2.24) is 9.97 Å². The Bertz CT molecular complexity index is 717. The average Bonchev–Trinajstić information content (AvgIpc) is 2.88. The molecular formula is C15H14N4O2. The van der Waals surface area contributed by atoms with E-state index in [9.17, 15) is 0 Å². The number of ether oxygens (including phenoxy) is 2. The number of aromatic nitrogens is 2. The minimum absolute atomic E-state index is 0.245. The van der Waals surface area contributed by atoms with Crippen LogP contribution in [0.2, 0.25) is 0 Å². The smallest absolute Gasteiger partial charge is 0.282 e. The van der Waals surface area contributed by atoms with Gasteiger partial charge in [-0.2, -0.15) is 0 Å². The number of amidine groups is 1. The Hall–Kier alpha value is -2.63. The van der Waals surface area contributed by atoms with Crippen LogP contribution in [0.5, 0.6) is 5.75 Å². The number of nitrogens with zero attached hydrogens (tertiary/aromatic N) is 3. The Kier molecular flexibility index (Phi) is 2.57. The van der Waals surface area contributed by atoms with Crippen molar-refractivity contribution in [2.75, 3.05) is 13.2 Å². The minimum Gasteiger partial charge on any atom is -0.490 e. The predicted molar refractivity (Wildman–Crippen MR) is 77.0 cm³/mol. The third-order valence-corrected chi connectivity index (χ3v) is 3.81. The molecule has 1 aromatic heterocycles. The monoisotopic (exact) mass is 282 g/mol. The summed E-state index contributed by atoms with van der Waals surface area (Å²) in [5, 5.41) is 0. The lowest BCUT2D eigenvalue weighted by Crippen LogP contribution is -2.41.